The second-order valence-corrected chi connectivity index (χ2v) is 5.50. The van der Waals surface area contributed by atoms with E-state index in [9.17, 15) is 9.90 Å². The van der Waals surface area contributed by atoms with Gasteiger partial charge in [0, 0.05) is 11.4 Å². The van der Waals surface area contributed by atoms with Crippen molar-refractivity contribution in [2.75, 3.05) is 6.54 Å². The lowest BCUT2D eigenvalue weighted by Gasteiger charge is -2.08. The maximum Gasteiger partial charge on any atom is 0.264 e. The van der Waals surface area contributed by atoms with Gasteiger partial charge >= 0.3 is 0 Å². The topological polar surface area (TPSA) is 75.1 Å². The molecule has 7 heteroatoms. The van der Waals surface area contributed by atoms with E-state index in [4.69, 9.17) is 0 Å². The van der Waals surface area contributed by atoms with E-state index < -0.39 is 6.10 Å². The van der Waals surface area contributed by atoms with Gasteiger partial charge in [-0.05, 0) is 36.3 Å². The number of thiophene rings is 1. The van der Waals surface area contributed by atoms with E-state index in [-0.39, 0.29) is 5.91 Å². The molecule has 0 radical (unpaired) electrons. The van der Waals surface area contributed by atoms with Crippen molar-refractivity contribution in [2.24, 2.45) is 0 Å². The molecule has 96 valence electrons. The zero-order valence-electron chi connectivity index (χ0n) is 9.79. The quantitative estimate of drug-likeness (QED) is 0.877. The van der Waals surface area contributed by atoms with Gasteiger partial charge in [0.15, 0.2) is 0 Å². The molecule has 0 aromatic carbocycles. The first-order valence-electron chi connectivity index (χ1n) is 5.47. The molecule has 1 amide bonds. The standard InChI is InChI=1S/C11H13N3O2S2/c1-7-10(18-14-13-7)11(16)12-5-4-8(15)9-3-2-6-17-9/h2-3,6,8,15H,4-5H2,1H3,(H,12,16)/t8-/m0/s1. The zero-order chi connectivity index (χ0) is 13.0. The monoisotopic (exact) mass is 283 g/mol. The van der Waals surface area contributed by atoms with Crippen LogP contribution < -0.4 is 5.32 Å². The maximum absolute atomic E-state index is 11.7. The molecule has 2 N–H and O–H groups in total. The molecule has 2 aromatic rings. The smallest absolute Gasteiger partial charge is 0.264 e. The molecule has 0 fully saturated rings. The van der Waals surface area contributed by atoms with Crippen LogP contribution in [0.2, 0.25) is 0 Å². The first kappa shape index (κ1) is 13.1. The van der Waals surface area contributed by atoms with Crippen molar-refractivity contribution >= 4 is 28.8 Å². The molecule has 0 aliphatic carbocycles. The highest BCUT2D eigenvalue weighted by atomic mass is 32.1. The Labute approximate surface area is 113 Å². The van der Waals surface area contributed by atoms with Crippen LogP contribution in [0.5, 0.6) is 0 Å². The molecule has 0 saturated heterocycles. The van der Waals surface area contributed by atoms with Gasteiger partial charge in [-0.1, -0.05) is 10.6 Å². The minimum absolute atomic E-state index is 0.180. The fourth-order valence-electron chi connectivity index (χ4n) is 1.47. The summed E-state index contributed by atoms with van der Waals surface area (Å²) in [4.78, 5) is 13.2. The van der Waals surface area contributed by atoms with Crippen LogP contribution in [0.1, 0.15) is 32.8 Å². The number of hydrogen-bond donors (Lipinski definition) is 2. The average molecular weight is 283 g/mol. The highest BCUT2D eigenvalue weighted by molar-refractivity contribution is 7.10. The van der Waals surface area contributed by atoms with E-state index in [1.54, 1.807) is 6.92 Å². The number of aryl methyl sites for hydroxylation is 1. The summed E-state index contributed by atoms with van der Waals surface area (Å²) in [5.41, 5.74) is 0.635. The maximum atomic E-state index is 11.7. The molecular formula is C11H13N3O2S2. The molecule has 5 nitrogen and oxygen atoms in total. The Balaban J connectivity index is 1.79. The molecule has 0 aliphatic heterocycles. The van der Waals surface area contributed by atoms with Crippen molar-refractivity contribution in [3.05, 3.63) is 33.0 Å². The van der Waals surface area contributed by atoms with Gasteiger partial charge in [0.05, 0.1) is 11.8 Å². The van der Waals surface area contributed by atoms with Crippen molar-refractivity contribution in [3.8, 4) is 0 Å². The zero-order valence-corrected chi connectivity index (χ0v) is 11.4. The van der Waals surface area contributed by atoms with E-state index >= 15 is 0 Å². The van der Waals surface area contributed by atoms with Crippen LogP contribution in [0, 0.1) is 6.92 Å². The van der Waals surface area contributed by atoms with Gasteiger partial charge in [-0.3, -0.25) is 4.79 Å². The van der Waals surface area contributed by atoms with Gasteiger partial charge < -0.3 is 10.4 Å². The van der Waals surface area contributed by atoms with Gasteiger partial charge in [-0.2, -0.15) is 0 Å². The second-order valence-electron chi connectivity index (χ2n) is 3.76. The largest absolute Gasteiger partial charge is 0.388 e. The molecule has 18 heavy (non-hydrogen) atoms. The first-order chi connectivity index (χ1) is 8.68. The van der Waals surface area contributed by atoms with Gasteiger partial charge in [-0.25, -0.2) is 0 Å². The highest BCUT2D eigenvalue weighted by Crippen LogP contribution is 2.21. The molecule has 0 saturated carbocycles. The fraction of sp³-hybridized carbons (Fsp3) is 0.364. The van der Waals surface area contributed by atoms with Crippen LogP contribution in [-0.4, -0.2) is 27.1 Å². The van der Waals surface area contributed by atoms with Crippen LogP contribution in [-0.2, 0) is 0 Å². The summed E-state index contributed by atoms with van der Waals surface area (Å²) in [7, 11) is 0. The number of aliphatic hydroxyl groups is 1. The van der Waals surface area contributed by atoms with Crippen LogP contribution in [0.25, 0.3) is 0 Å². The summed E-state index contributed by atoms with van der Waals surface area (Å²) in [5.74, 6) is -0.180. The van der Waals surface area contributed by atoms with Gasteiger partial charge in [0.25, 0.3) is 5.91 Å². The lowest BCUT2D eigenvalue weighted by molar-refractivity contribution is 0.0946. The molecule has 1 atom stereocenters. The second kappa shape index (κ2) is 6.03. The number of amides is 1. The Morgan fingerprint density at radius 3 is 3.06 bits per heavy atom. The summed E-state index contributed by atoms with van der Waals surface area (Å²) < 4.78 is 3.71. The lowest BCUT2D eigenvalue weighted by atomic mass is 10.2. The molecule has 0 spiro atoms. The Morgan fingerprint density at radius 1 is 1.61 bits per heavy atom. The summed E-state index contributed by atoms with van der Waals surface area (Å²) in [6.07, 6.45) is -0.0247. The van der Waals surface area contributed by atoms with E-state index in [1.807, 2.05) is 17.5 Å². The molecule has 0 bridgehead atoms. The van der Waals surface area contributed by atoms with Gasteiger partial charge in [0.1, 0.15) is 4.88 Å². The molecule has 0 aliphatic rings. The van der Waals surface area contributed by atoms with Crippen molar-refractivity contribution in [2.45, 2.75) is 19.4 Å². The molecular weight excluding hydrogens is 270 g/mol. The number of carbonyl (C=O) groups excluding carboxylic acids is 1. The fourth-order valence-corrected chi connectivity index (χ4v) is 2.78. The van der Waals surface area contributed by atoms with Crippen molar-refractivity contribution in [1.29, 1.82) is 0 Å². The van der Waals surface area contributed by atoms with E-state index in [0.29, 0.717) is 23.5 Å². The first-order valence-corrected chi connectivity index (χ1v) is 7.12. The summed E-state index contributed by atoms with van der Waals surface area (Å²) in [5, 5.41) is 18.3. The Hall–Kier alpha value is -1.31. The minimum atomic E-state index is -0.522. The van der Waals surface area contributed by atoms with Crippen molar-refractivity contribution in [3.63, 3.8) is 0 Å². The lowest BCUT2D eigenvalue weighted by Crippen LogP contribution is -2.25. The van der Waals surface area contributed by atoms with Crippen LogP contribution >= 0.6 is 22.9 Å². The van der Waals surface area contributed by atoms with E-state index in [1.165, 1.54) is 11.3 Å². The number of aromatic nitrogens is 2. The average Bonchev–Trinajstić information content (AvgIpc) is 2.99. The van der Waals surface area contributed by atoms with E-state index in [0.717, 1.165) is 16.4 Å². The number of nitrogens with one attached hydrogen (secondary N) is 1. The third-order valence-electron chi connectivity index (χ3n) is 2.43. The number of nitrogens with zero attached hydrogens (tertiary/aromatic N) is 2. The predicted octanol–water partition coefficient (Wildman–Crippen LogP) is 1.76. The Kier molecular flexibility index (Phi) is 4.40. The molecule has 2 rings (SSSR count). The summed E-state index contributed by atoms with van der Waals surface area (Å²) in [6.45, 7) is 2.17. The molecule has 2 aromatic heterocycles. The van der Waals surface area contributed by atoms with Crippen molar-refractivity contribution in [1.82, 2.24) is 14.9 Å². The number of aliphatic hydroxyl groups excluding tert-OH is 1. The van der Waals surface area contributed by atoms with Gasteiger partial charge in [-0.15, -0.1) is 16.4 Å². The number of hydrogen-bond acceptors (Lipinski definition) is 6. The normalized spacial score (nSPS) is 12.3. The predicted molar refractivity (Wildman–Crippen MR) is 70.9 cm³/mol. The van der Waals surface area contributed by atoms with Crippen LogP contribution in [0.4, 0.5) is 0 Å². The Bertz CT molecular complexity index is 510. The molecule has 2 heterocycles. The van der Waals surface area contributed by atoms with Crippen LogP contribution in [0.3, 0.4) is 0 Å². The SMILES string of the molecule is Cc1nnsc1C(=O)NCC[C@H](O)c1cccs1. The highest BCUT2D eigenvalue weighted by Gasteiger charge is 2.14. The van der Waals surface area contributed by atoms with Crippen LogP contribution in [0.15, 0.2) is 17.5 Å². The van der Waals surface area contributed by atoms with Crippen molar-refractivity contribution < 1.29 is 9.90 Å². The third-order valence-corrected chi connectivity index (χ3v) is 4.23. The third kappa shape index (κ3) is 3.12. The summed E-state index contributed by atoms with van der Waals surface area (Å²) in [6, 6.07) is 3.78. The Morgan fingerprint density at radius 2 is 2.44 bits per heavy atom. The van der Waals surface area contributed by atoms with E-state index in [2.05, 4.69) is 14.9 Å². The van der Waals surface area contributed by atoms with Gasteiger partial charge in [0.2, 0.25) is 0 Å². The number of carbonyl (C=O) groups is 1. The minimum Gasteiger partial charge on any atom is -0.388 e. The summed E-state index contributed by atoms with van der Waals surface area (Å²) >= 11 is 2.59. The molecule has 0 unspecified atom stereocenters. The number of rotatable bonds is 5.